The van der Waals surface area contributed by atoms with E-state index in [1.54, 1.807) is 24.5 Å². The average Bonchev–Trinajstić information content (AvgIpc) is 3.32. The summed E-state index contributed by atoms with van der Waals surface area (Å²) < 4.78 is 3.07. The van der Waals surface area contributed by atoms with Gasteiger partial charge in [0.1, 0.15) is 5.69 Å². The first kappa shape index (κ1) is 34.1. The van der Waals surface area contributed by atoms with Gasteiger partial charge in [-0.25, -0.2) is 4.57 Å². The monoisotopic (exact) mass is 624 g/mol. The maximum Gasteiger partial charge on any atom is 0.404 e. The topological polar surface area (TPSA) is 164 Å². The average molecular weight is 625 g/mol. The van der Waals surface area contributed by atoms with Gasteiger partial charge in [-0.15, -0.1) is 14.9 Å². The van der Waals surface area contributed by atoms with Crippen molar-refractivity contribution >= 4 is 58.1 Å². The Hall–Kier alpha value is -4.39. The number of rotatable bonds is 16. The Morgan fingerprint density at radius 3 is 1.95 bits per heavy atom. The van der Waals surface area contributed by atoms with Gasteiger partial charge in [0.25, 0.3) is 0 Å². The van der Waals surface area contributed by atoms with Crippen LogP contribution in [0.1, 0.15) is 41.5 Å². The fourth-order valence-corrected chi connectivity index (χ4v) is 4.71. The van der Waals surface area contributed by atoms with Crippen LogP contribution in [0.5, 0.6) is 0 Å². The summed E-state index contributed by atoms with van der Waals surface area (Å²) in [6.45, 7) is 15.3. The first-order chi connectivity index (χ1) is 21.0. The zero-order chi connectivity index (χ0) is 32.4. The Labute approximate surface area is 263 Å². The number of hydrogen-bond acceptors (Lipinski definition) is 9. The van der Waals surface area contributed by atoms with E-state index in [0.717, 1.165) is 37.6 Å². The Morgan fingerprint density at radius 2 is 1.41 bits per heavy atom. The molecule has 0 fully saturated rings. The minimum Gasteiger partial charge on any atom is -0.372 e. The first-order valence-electron chi connectivity index (χ1n) is 14.8. The van der Waals surface area contributed by atoms with Gasteiger partial charge in [-0.1, -0.05) is 25.4 Å². The molecule has 236 valence electrons. The Bertz CT molecular complexity index is 1480. The van der Waals surface area contributed by atoms with Gasteiger partial charge in [-0.3, -0.25) is 9.59 Å². The van der Waals surface area contributed by atoms with Crippen LogP contribution in [0.2, 0.25) is 5.02 Å². The van der Waals surface area contributed by atoms with E-state index in [2.05, 4.69) is 63.1 Å². The molecule has 1 aromatic heterocycles. The van der Waals surface area contributed by atoms with Crippen LogP contribution in [0, 0.1) is 11.8 Å². The summed E-state index contributed by atoms with van der Waals surface area (Å²) in [5.74, 6) is -1.82. The van der Waals surface area contributed by atoms with Crippen molar-refractivity contribution in [2.24, 2.45) is 43.8 Å². The van der Waals surface area contributed by atoms with E-state index in [4.69, 9.17) is 23.1 Å². The Kier molecular flexibility index (Phi) is 12.3. The molecule has 0 aliphatic carbocycles. The van der Waals surface area contributed by atoms with E-state index in [1.165, 1.54) is 4.68 Å². The van der Waals surface area contributed by atoms with Gasteiger partial charge in [0.15, 0.2) is 0 Å². The molecule has 0 aliphatic rings. The van der Waals surface area contributed by atoms with Crippen molar-refractivity contribution in [3.8, 4) is 0 Å². The molecular formula is C30H43ClN11O2+. The van der Waals surface area contributed by atoms with E-state index in [-0.39, 0.29) is 25.0 Å². The highest BCUT2D eigenvalue weighted by atomic mass is 35.5. The second kappa shape index (κ2) is 15.9. The van der Waals surface area contributed by atoms with Crippen molar-refractivity contribution in [3.05, 3.63) is 47.5 Å². The lowest BCUT2D eigenvalue weighted by molar-refractivity contribution is -0.676. The van der Waals surface area contributed by atoms with Gasteiger partial charge in [0.2, 0.25) is 11.8 Å². The predicted octanol–water partition coefficient (Wildman–Crippen LogP) is 5.59. The molecule has 2 amide bonds. The first-order valence-corrected chi connectivity index (χ1v) is 15.2. The second-order valence-electron chi connectivity index (χ2n) is 10.4. The molecule has 0 saturated heterocycles. The molecule has 13 nitrogen and oxygen atoms in total. The van der Waals surface area contributed by atoms with Crippen molar-refractivity contribution in [1.29, 1.82) is 0 Å². The third-order valence-electron chi connectivity index (χ3n) is 7.34. The maximum absolute atomic E-state index is 12.1. The molecule has 2 aromatic carbocycles. The van der Waals surface area contributed by atoms with Gasteiger partial charge in [0, 0.05) is 42.7 Å². The number of nitrogens with two attached hydrogens (primary N) is 2. The Balaban J connectivity index is 2.09. The molecule has 14 heteroatoms. The van der Waals surface area contributed by atoms with Crippen LogP contribution in [0.4, 0.5) is 34.6 Å². The fourth-order valence-electron chi connectivity index (χ4n) is 4.50. The number of primary amides is 2. The lowest BCUT2D eigenvalue weighted by Gasteiger charge is -2.21. The van der Waals surface area contributed by atoms with Gasteiger partial charge in [-0.05, 0) is 80.4 Å². The van der Waals surface area contributed by atoms with Gasteiger partial charge in [0.05, 0.1) is 35.6 Å². The normalized spacial score (nSPS) is 13.0. The minimum absolute atomic E-state index is 0.0946. The minimum atomic E-state index is -0.598. The number of anilines is 2. The molecule has 1 heterocycles. The van der Waals surface area contributed by atoms with Crippen LogP contribution in [0.15, 0.2) is 62.9 Å². The van der Waals surface area contributed by atoms with Crippen LogP contribution in [0.3, 0.4) is 0 Å². The standard InChI is InChI=1S/C30H42ClN11O2/c1-7-39(8-2)23-13-11-22(12-14-23)34-36-29-38-42(19-21(6)28(33)44)30(41(29)18-20(5)27(32)43)37-35-26-16-15-24(17-25(26)31)40(9-3)10-4/h11-17,20-21H,7-10,18-19H2,1-6H3,(H3-,32,33,43,44)/p+1. The highest BCUT2D eigenvalue weighted by Gasteiger charge is 2.29. The van der Waals surface area contributed by atoms with Crippen LogP contribution in [-0.2, 0) is 22.7 Å². The number of carbonyl (C=O) groups is 2. The number of hydrogen-bond donors (Lipinski definition) is 2. The molecule has 0 bridgehead atoms. The number of halogens is 1. The summed E-state index contributed by atoms with van der Waals surface area (Å²) in [5, 5.41) is 22.7. The van der Waals surface area contributed by atoms with Crippen LogP contribution in [0.25, 0.3) is 0 Å². The molecule has 3 aromatic rings. The molecule has 3 rings (SSSR count). The van der Waals surface area contributed by atoms with E-state index >= 15 is 0 Å². The summed E-state index contributed by atoms with van der Waals surface area (Å²) in [5.41, 5.74) is 14.3. The van der Waals surface area contributed by atoms with Gasteiger partial charge < -0.3 is 21.3 Å². The highest BCUT2D eigenvalue weighted by Crippen LogP contribution is 2.31. The molecule has 0 saturated carbocycles. The van der Waals surface area contributed by atoms with Gasteiger partial charge in [-0.2, -0.15) is 0 Å². The van der Waals surface area contributed by atoms with E-state index < -0.39 is 23.7 Å². The largest absolute Gasteiger partial charge is 0.404 e. The number of amides is 2. The fraction of sp³-hybridized carbons (Fsp3) is 0.467. The second-order valence-corrected chi connectivity index (χ2v) is 10.8. The zero-order valence-corrected chi connectivity index (χ0v) is 27.1. The van der Waals surface area contributed by atoms with Crippen LogP contribution in [-0.4, -0.2) is 47.8 Å². The number of aromatic nitrogens is 3. The summed E-state index contributed by atoms with van der Waals surface area (Å²) >= 11 is 6.59. The number of carbonyl (C=O) groups excluding carboxylic acids is 2. The molecule has 2 atom stereocenters. The highest BCUT2D eigenvalue weighted by molar-refractivity contribution is 6.33. The lowest BCUT2D eigenvalue weighted by Crippen LogP contribution is -2.40. The molecule has 4 N–H and O–H groups in total. The van der Waals surface area contributed by atoms with Crippen molar-refractivity contribution < 1.29 is 14.2 Å². The summed E-state index contributed by atoms with van der Waals surface area (Å²) in [4.78, 5) is 28.4. The SMILES string of the molecule is CCN(CC)c1ccc(N=Nc2nn(CC(C)C(N)=O)c(N=Nc3ccc(N(CC)CC)cc3Cl)[n+]2CC(C)C(N)=O)cc1. The summed E-state index contributed by atoms with van der Waals surface area (Å²) in [6, 6.07) is 13.2. The molecule has 44 heavy (non-hydrogen) atoms. The molecule has 0 radical (unpaired) electrons. The molecule has 0 spiro atoms. The third-order valence-corrected chi connectivity index (χ3v) is 7.64. The summed E-state index contributed by atoms with van der Waals surface area (Å²) in [6.07, 6.45) is 0. The summed E-state index contributed by atoms with van der Waals surface area (Å²) in [7, 11) is 0. The Morgan fingerprint density at radius 1 is 0.841 bits per heavy atom. The van der Waals surface area contributed by atoms with Crippen molar-refractivity contribution in [3.63, 3.8) is 0 Å². The number of benzene rings is 2. The number of azo groups is 2. The van der Waals surface area contributed by atoms with Gasteiger partial charge >= 0.3 is 11.9 Å². The van der Waals surface area contributed by atoms with E-state index in [0.29, 0.717) is 16.4 Å². The molecule has 0 aliphatic heterocycles. The predicted molar refractivity (Wildman–Crippen MR) is 173 cm³/mol. The smallest absolute Gasteiger partial charge is 0.372 e. The quantitative estimate of drug-likeness (QED) is 0.156. The van der Waals surface area contributed by atoms with Crippen molar-refractivity contribution in [2.45, 2.75) is 54.6 Å². The lowest BCUT2D eigenvalue weighted by atomic mass is 10.1. The van der Waals surface area contributed by atoms with Crippen LogP contribution < -0.4 is 25.8 Å². The molecular weight excluding hydrogens is 582 g/mol. The van der Waals surface area contributed by atoms with E-state index in [1.807, 2.05) is 36.4 Å². The van der Waals surface area contributed by atoms with Crippen molar-refractivity contribution in [2.75, 3.05) is 36.0 Å². The molecule has 2 unspecified atom stereocenters. The third kappa shape index (κ3) is 8.59. The zero-order valence-electron chi connectivity index (χ0n) is 26.3. The maximum atomic E-state index is 12.1. The van der Waals surface area contributed by atoms with Crippen LogP contribution >= 0.6 is 11.6 Å². The van der Waals surface area contributed by atoms with Crippen molar-refractivity contribution in [1.82, 2.24) is 9.78 Å². The number of nitrogens with zero attached hydrogens (tertiary/aromatic N) is 9. The van der Waals surface area contributed by atoms with E-state index in [9.17, 15) is 9.59 Å².